The summed E-state index contributed by atoms with van der Waals surface area (Å²) in [5.74, 6) is -1.19. The third-order valence-corrected chi connectivity index (χ3v) is 16.0. The molecule has 1 saturated heterocycles. The fourth-order valence-electron chi connectivity index (χ4n) is 10.6. The molecule has 0 aromatic heterocycles. The summed E-state index contributed by atoms with van der Waals surface area (Å²) in [6, 6.07) is -1.02. The lowest BCUT2D eigenvalue weighted by Crippen LogP contribution is -2.61. The minimum absolute atomic E-state index is 0.120. The van der Waals surface area contributed by atoms with Crippen molar-refractivity contribution in [3.63, 3.8) is 0 Å². The van der Waals surface area contributed by atoms with Crippen LogP contribution in [0.1, 0.15) is 316 Å². The van der Waals surface area contributed by atoms with Crippen LogP contribution in [-0.2, 0) is 23.8 Å². The molecule has 0 radical (unpaired) electrons. The van der Waals surface area contributed by atoms with E-state index < -0.39 is 67.4 Å². The summed E-state index contributed by atoms with van der Waals surface area (Å²) in [6.07, 6.45) is 60.0. The van der Waals surface area contributed by atoms with Crippen LogP contribution in [0.25, 0.3) is 0 Å². The van der Waals surface area contributed by atoms with E-state index >= 15 is 0 Å². The largest absolute Gasteiger partial charge is 0.454 e. The number of ether oxygens (including phenoxy) is 3. The molecule has 8 atom stereocenters. The highest BCUT2D eigenvalue weighted by atomic mass is 16.7. The van der Waals surface area contributed by atoms with Crippen LogP contribution in [0.15, 0.2) is 48.6 Å². The lowest BCUT2D eigenvalue weighted by molar-refractivity contribution is -0.305. The van der Waals surface area contributed by atoms with Crippen LogP contribution in [0.2, 0.25) is 0 Å². The zero-order chi connectivity index (χ0) is 58.2. The van der Waals surface area contributed by atoms with E-state index in [0.29, 0.717) is 19.3 Å². The number of unbranched alkanes of at least 4 members (excludes halogenated alkanes) is 38. The number of carbonyl (C=O) groups excluding carboxylic acids is 2. The van der Waals surface area contributed by atoms with Crippen LogP contribution in [0, 0.1) is 0 Å². The van der Waals surface area contributed by atoms with E-state index in [4.69, 9.17) is 14.2 Å². The summed E-state index contributed by atoms with van der Waals surface area (Å²) >= 11 is 0. The van der Waals surface area contributed by atoms with Crippen molar-refractivity contribution >= 4 is 11.9 Å². The van der Waals surface area contributed by atoms with E-state index in [1.165, 1.54) is 193 Å². The van der Waals surface area contributed by atoms with Gasteiger partial charge in [0.1, 0.15) is 24.4 Å². The van der Waals surface area contributed by atoms with E-state index in [0.717, 1.165) is 77.0 Å². The van der Waals surface area contributed by atoms with Crippen molar-refractivity contribution in [2.45, 2.75) is 365 Å². The van der Waals surface area contributed by atoms with Gasteiger partial charge >= 0.3 is 5.97 Å². The summed E-state index contributed by atoms with van der Waals surface area (Å²) in [5, 5.41) is 57.1. The fourth-order valence-corrected chi connectivity index (χ4v) is 10.6. The number of allylic oxidation sites excluding steroid dienone is 7. The maximum absolute atomic E-state index is 13.4. The first-order chi connectivity index (χ1) is 39.2. The number of esters is 1. The van der Waals surface area contributed by atoms with Gasteiger partial charge in [0.15, 0.2) is 12.4 Å². The molecule has 0 spiro atoms. The van der Waals surface area contributed by atoms with Gasteiger partial charge in [0, 0.05) is 6.42 Å². The van der Waals surface area contributed by atoms with Crippen LogP contribution in [0.5, 0.6) is 0 Å². The van der Waals surface area contributed by atoms with Gasteiger partial charge in [-0.05, 0) is 64.2 Å². The van der Waals surface area contributed by atoms with Gasteiger partial charge in [-0.25, -0.2) is 0 Å². The number of nitrogens with one attached hydrogen (secondary N) is 1. The van der Waals surface area contributed by atoms with Crippen LogP contribution < -0.4 is 5.32 Å². The van der Waals surface area contributed by atoms with Crippen molar-refractivity contribution in [1.82, 2.24) is 5.32 Å². The van der Waals surface area contributed by atoms with Crippen molar-refractivity contribution < 1.29 is 49.3 Å². The predicted octanol–water partition coefficient (Wildman–Crippen LogP) is 16.8. The number of rotatable bonds is 58. The molecule has 11 heteroatoms. The SMILES string of the molecule is CCCCC/C=C\C/C=C\C/C=C\CCCCCCCCCCCCC(=O)OC1C(OCC(NC(=O)C(O)CCCCCCCCCCCCCCCCCC)C(O)/C=C/CCCCCCCCCCCC)OC(CO)C(O)C1O. The van der Waals surface area contributed by atoms with Crippen molar-refractivity contribution in [2.75, 3.05) is 13.2 Å². The summed E-state index contributed by atoms with van der Waals surface area (Å²) in [6.45, 7) is 5.79. The number of hydrogen-bond donors (Lipinski definition) is 6. The smallest absolute Gasteiger partial charge is 0.306 e. The molecular formula is C69H127NO10. The molecule has 468 valence electrons. The van der Waals surface area contributed by atoms with Gasteiger partial charge in [0.25, 0.3) is 0 Å². The molecule has 0 bridgehead atoms. The molecular weight excluding hydrogens is 1000 g/mol. The van der Waals surface area contributed by atoms with E-state index in [-0.39, 0.29) is 13.0 Å². The Balaban J connectivity index is 2.60. The minimum atomic E-state index is -1.61. The van der Waals surface area contributed by atoms with Crippen molar-refractivity contribution in [3.8, 4) is 0 Å². The van der Waals surface area contributed by atoms with Gasteiger partial charge in [-0.2, -0.15) is 0 Å². The zero-order valence-corrected chi connectivity index (χ0v) is 52.0. The average Bonchev–Trinajstić information content (AvgIpc) is 3.48. The maximum atomic E-state index is 13.4. The summed E-state index contributed by atoms with van der Waals surface area (Å²) < 4.78 is 17.7. The fraction of sp³-hybridized carbons (Fsp3) is 0.855. The second-order valence-electron chi connectivity index (χ2n) is 23.6. The second-order valence-corrected chi connectivity index (χ2v) is 23.6. The van der Waals surface area contributed by atoms with Crippen molar-refractivity contribution in [3.05, 3.63) is 48.6 Å². The van der Waals surface area contributed by atoms with E-state index in [1.807, 2.05) is 6.08 Å². The average molecular weight is 1130 g/mol. The first-order valence-electron chi connectivity index (χ1n) is 33.9. The number of hydrogen-bond acceptors (Lipinski definition) is 10. The molecule has 1 heterocycles. The molecule has 1 fully saturated rings. The summed E-state index contributed by atoms with van der Waals surface area (Å²) in [4.78, 5) is 26.6. The van der Waals surface area contributed by atoms with E-state index in [9.17, 15) is 35.1 Å². The van der Waals surface area contributed by atoms with Gasteiger partial charge in [-0.15, -0.1) is 0 Å². The monoisotopic (exact) mass is 1130 g/mol. The first-order valence-corrected chi connectivity index (χ1v) is 33.9. The van der Waals surface area contributed by atoms with Crippen molar-refractivity contribution in [1.29, 1.82) is 0 Å². The molecule has 0 aromatic carbocycles. The van der Waals surface area contributed by atoms with Crippen LogP contribution in [-0.4, -0.2) is 99.6 Å². The minimum Gasteiger partial charge on any atom is -0.454 e. The molecule has 80 heavy (non-hydrogen) atoms. The molecule has 8 unspecified atom stereocenters. The zero-order valence-electron chi connectivity index (χ0n) is 52.0. The highest BCUT2D eigenvalue weighted by Crippen LogP contribution is 2.26. The lowest BCUT2D eigenvalue weighted by atomic mass is 9.99. The first kappa shape index (κ1) is 75.6. The number of aliphatic hydroxyl groups excluding tert-OH is 5. The Morgan fingerprint density at radius 3 is 1.31 bits per heavy atom. The predicted molar refractivity (Wildman–Crippen MR) is 334 cm³/mol. The molecule has 1 rings (SSSR count). The molecule has 11 nitrogen and oxygen atoms in total. The van der Waals surface area contributed by atoms with Gasteiger partial charge in [-0.3, -0.25) is 9.59 Å². The molecule has 0 saturated carbocycles. The Morgan fingerprint density at radius 2 is 0.863 bits per heavy atom. The van der Waals surface area contributed by atoms with Crippen molar-refractivity contribution in [2.24, 2.45) is 0 Å². The summed E-state index contributed by atoms with van der Waals surface area (Å²) in [7, 11) is 0. The quantitative estimate of drug-likeness (QED) is 0.0195. The molecule has 1 amide bonds. The highest BCUT2D eigenvalue weighted by molar-refractivity contribution is 5.80. The lowest BCUT2D eigenvalue weighted by Gasteiger charge is -2.41. The molecule has 6 N–H and O–H groups in total. The molecule has 0 aromatic rings. The Kier molecular flexibility index (Phi) is 54.0. The van der Waals surface area contributed by atoms with E-state index in [2.05, 4.69) is 62.5 Å². The Hall–Kier alpha value is -2.38. The standard InChI is InChI=1S/C69H127NO10/c1-4-7-10-13-16-19-22-25-27-29-30-31-32-33-34-35-37-39-42-45-48-51-54-57-64(74)80-67-66(76)65(75)63(58-71)79-69(67)78-59-60(61(72)55-52-49-46-43-40-24-21-18-15-12-9-6-3)70-68(77)62(73)56-53-50-47-44-41-38-36-28-26-23-20-17-14-11-8-5-2/h16,19,25,27,30-31,52,55,60-63,65-67,69,71-73,75-76H,4-15,17-18,20-24,26,28-29,32-51,53-54,56-59H2,1-3H3,(H,70,77)/b19-16-,27-25-,31-30-,55-52+. The third kappa shape index (κ3) is 44.2. The van der Waals surface area contributed by atoms with Gasteiger partial charge < -0.3 is 45.1 Å². The van der Waals surface area contributed by atoms with Crippen LogP contribution in [0.4, 0.5) is 0 Å². The van der Waals surface area contributed by atoms with Crippen LogP contribution >= 0.6 is 0 Å². The third-order valence-electron chi connectivity index (χ3n) is 16.0. The van der Waals surface area contributed by atoms with E-state index in [1.54, 1.807) is 6.08 Å². The topological polar surface area (TPSA) is 175 Å². The van der Waals surface area contributed by atoms with Gasteiger partial charge in [-0.1, -0.05) is 294 Å². The Morgan fingerprint density at radius 1 is 0.487 bits per heavy atom. The second kappa shape index (κ2) is 57.1. The summed E-state index contributed by atoms with van der Waals surface area (Å²) in [5.41, 5.74) is 0. The van der Waals surface area contributed by atoms with Crippen LogP contribution in [0.3, 0.4) is 0 Å². The molecule has 0 aliphatic carbocycles. The number of amides is 1. The Bertz CT molecular complexity index is 1490. The number of aliphatic hydroxyl groups is 5. The molecule has 1 aliphatic rings. The van der Waals surface area contributed by atoms with Gasteiger partial charge in [0.05, 0.1) is 25.4 Å². The highest BCUT2D eigenvalue weighted by Gasteiger charge is 2.47. The Labute approximate surface area is 491 Å². The van der Waals surface area contributed by atoms with Gasteiger partial charge in [0.2, 0.25) is 5.91 Å². The molecule has 1 aliphatic heterocycles. The normalized spacial score (nSPS) is 19.0. The maximum Gasteiger partial charge on any atom is 0.306 e. The number of carbonyl (C=O) groups is 2.